The molecular formula is C9H15NS. The fraction of sp³-hybridized carbons (Fsp3) is 0.556. The molecule has 1 rings (SSSR count). The van der Waals surface area contributed by atoms with Crippen molar-refractivity contribution in [3.05, 3.63) is 22.4 Å². The standard InChI is InChI=1S/C9H15NS/c1-3-10(2)7-6-9-5-4-8-11-9/h4-5,8H,3,6-7H2,1-2H3. The summed E-state index contributed by atoms with van der Waals surface area (Å²) in [6, 6.07) is 4.32. The van der Waals surface area contributed by atoms with Crippen molar-refractivity contribution in [3.63, 3.8) is 0 Å². The third-order valence-corrected chi connectivity index (χ3v) is 2.80. The average molecular weight is 169 g/mol. The maximum absolute atomic E-state index is 2.33. The number of rotatable bonds is 4. The summed E-state index contributed by atoms with van der Waals surface area (Å²) in [4.78, 5) is 3.82. The quantitative estimate of drug-likeness (QED) is 0.668. The van der Waals surface area contributed by atoms with Crippen LogP contribution in [0.3, 0.4) is 0 Å². The van der Waals surface area contributed by atoms with E-state index >= 15 is 0 Å². The van der Waals surface area contributed by atoms with Gasteiger partial charge in [0.25, 0.3) is 0 Å². The van der Waals surface area contributed by atoms with Crippen LogP contribution in [0.15, 0.2) is 17.5 Å². The summed E-state index contributed by atoms with van der Waals surface area (Å²) in [6.07, 6.45) is 1.20. The Kier molecular flexibility index (Phi) is 3.60. The zero-order chi connectivity index (χ0) is 8.10. The monoisotopic (exact) mass is 169 g/mol. The van der Waals surface area contributed by atoms with Gasteiger partial charge in [-0.15, -0.1) is 11.3 Å². The highest BCUT2D eigenvalue weighted by Crippen LogP contribution is 2.08. The van der Waals surface area contributed by atoms with Crippen molar-refractivity contribution in [1.29, 1.82) is 0 Å². The molecule has 0 radical (unpaired) electrons. The van der Waals surface area contributed by atoms with Crippen LogP contribution in [0.2, 0.25) is 0 Å². The second-order valence-electron chi connectivity index (χ2n) is 2.73. The fourth-order valence-corrected chi connectivity index (χ4v) is 1.61. The first kappa shape index (κ1) is 8.75. The van der Waals surface area contributed by atoms with Crippen molar-refractivity contribution in [3.8, 4) is 0 Å². The molecule has 1 aromatic rings. The van der Waals surface area contributed by atoms with E-state index in [2.05, 4.69) is 36.4 Å². The molecule has 0 atom stereocenters. The maximum atomic E-state index is 2.33. The number of hydrogen-bond donors (Lipinski definition) is 0. The van der Waals surface area contributed by atoms with Gasteiger partial charge in [-0.1, -0.05) is 13.0 Å². The Morgan fingerprint density at radius 1 is 1.55 bits per heavy atom. The molecule has 0 bridgehead atoms. The second kappa shape index (κ2) is 4.52. The second-order valence-corrected chi connectivity index (χ2v) is 3.76. The van der Waals surface area contributed by atoms with Crippen LogP contribution in [0.25, 0.3) is 0 Å². The minimum absolute atomic E-state index is 1.14. The lowest BCUT2D eigenvalue weighted by atomic mass is 10.3. The molecule has 11 heavy (non-hydrogen) atoms. The Balaban J connectivity index is 2.23. The predicted molar refractivity (Wildman–Crippen MR) is 51.2 cm³/mol. The minimum atomic E-state index is 1.14. The van der Waals surface area contributed by atoms with Gasteiger partial charge in [-0.3, -0.25) is 0 Å². The molecule has 1 aromatic heterocycles. The molecule has 2 heteroatoms. The van der Waals surface area contributed by atoms with E-state index < -0.39 is 0 Å². The molecule has 0 fully saturated rings. The van der Waals surface area contributed by atoms with Crippen LogP contribution in [0.4, 0.5) is 0 Å². The average Bonchev–Trinajstić information content (AvgIpc) is 2.52. The fourth-order valence-electron chi connectivity index (χ4n) is 0.914. The first-order valence-electron chi connectivity index (χ1n) is 4.04. The molecule has 0 aliphatic carbocycles. The lowest BCUT2D eigenvalue weighted by molar-refractivity contribution is 0.358. The summed E-state index contributed by atoms with van der Waals surface area (Å²) in [6.45, 7) is 4.51. The Labute approximate surface area is 72.7 Å². The summed E-state index contributed by atoms with van der Waals surface area (Å²) in [7, 11) is 2.16. The van der Waals surface area contributed by atoms with Crippen molar-refractivity contribution < 1.29 is 0 Å². The molecule has 0 amide bonds. The van der Waals surface area contributed by atoms with Gasteiger partial charge in [0.1, 0.15) is 0 Å². The van der Waals surface area contributed by atoms with Gasteiger partial charge >= 0.3 is 0 Å². The lowest BCUT2D eigenvalue weighted by Crippen LogP contribution is -2.19. The predicted octanol–water partition coefficient (Wildman–Crippen LogP) is 2.24. The van der Waals surface area contributed by atoms with Gasteiger partial charge in [-0.25, -0.2) is 0 Å². The number of nitrogens with zero attached hydrogens (tertiary/aromatic N) is 1. The van der Waals surface area contributed by atoms with E-state index in [0.29, 0.717) is 0 Å². The van der Waals surface area contributed by atoms with Crippen LogP contribution in [0, 0.1) is 0 Å². The van der Waals surface area contributed by atoms with Gasteiger partial charge < -0.3 is 4.90 Å². The molecule has 0 N–H and O–H groups in total. The van der Waals surface area contributed by atoms with Gasteiger partial charge in [0, 0.05) is 11.4 Å². The zero-order valence-corrected chi connectivity index (χ0v) is 8.03. The third kappa shape index (κ3) is 3.04. The molecule has 0 aromatic carbocycles. The van der Waals surface area contributed by atoms with E-state index in [-0.39, 0.29) is 0 Å². The first-order chi connectivity index (χ1) is 5.33. The molecule has 0 aliphatic rings. The van der Waals surface area contributed by atoms with Crippen LogP contribution in [0.1, 0.15) is 11.8 Å². The smallest absolute Gasteiger partial charge is 0.00579 e. The van der Waals surface area contributed by atoms with Crippen molar-refractivity contribution in [2.24, 2.45) is 0 Å². The van der Waals surface area contributed by atoms with E-state index in [1.807, 2.05) is 11.3 Å². The lowest BCUT2D eigenvalue weighted by Gasteiger charge is -2.11. The molecule has 0 spiro atoms. The highest BCUT2D eigenvalue weighted by molar-refractivity contribution is 7.09. The number of likely N-dealkylation sites (N-methyl/N-ethyl adjacent to an activating group) is 1. The summed E-state index contributed by atoms with van der Waals surface area (Å²) in [5, 5.41) is 2.14. The van der Waals surface area contributed by atoms with Crippen molar-refractivity contribution in [1.82, 2.24) is 4.90 Å². The van der Waals surface area contributed by atoms with Gasteiger partial charge in [-0.05, 0) is 31.5 Å². The van der Waals surface area contributed by atoms with E-state index in [4.69, 9.17) is 0 Å². The van der Waals surface area contributed by atoms with Gasteiger partial charge in [0.05, 0.1) is 0 Å². The van der Waals surface area contributed by atoms with Crippen molar-refractivity contribution >= 4 is 11.3 Å². The molecule has 62 valence electrons. The molecule has 0 saturated heterocycles. The Hall–Kier alpha value is -0.340. The Morgan fingerprint density at radius 3 is 2.91 bits per heavy atom. The topological polar surface area (TPSA) is 3.24 Å². The molecule has 0 aliphatic heterocycles. The SMILES string of the molecule is CCN(C)CCc1cccs1. The summed E-state index contributed by atoms with van der Waals surface area (Å²) < 4.78 is 0. The van der Waals surface area contributed by atoms with E-state index in [0.717, 1.165) is 6.54 Å². The molecule has 1 heterocycles. The number of hydrogen-bond acceptors (Lipinski definition) is 2. The molecule has 1 nitrogen and oxygen atoms in total. The minimum Gasteiger partial charge on any atom is -0.306 e. The van der Waals surface area contributed by atoms with Crippen LogP contribution in [0.5, 0.6) is 0 Å². The van der Waals surface area contributed by atoms with Gasteiger partial charge in [0.15, 0.2) is 0 Å². The highest BCUT2D eigenvalue weighted by Gasteiger charge is 1.96. The molecular weight excluding hydrogens is 154 g/mol. The summed E-state index contributed by atoms with van der Waals surface area (Å²) in [5.41, 5.74) is 0. The van der Waals surface area contributed by atoms with Crippen molar-refractivity contribution in [2.45, 2.75) is 13.3 Å². The Bertz CT molecular complexity index is 181. The van der Waals surface area contributed by atoms with Crippen LogP contribution >= 0.6 is 11.3 Å². The summed E-state index contributed by atoms with van der Waals surface area (Å²) >= 11 is 1.85. The Morgan fingerprint density at radius 2 is 2.36 bits per heavy atom. The van der Waals surface area contributed by atoms with Crippen LogP contribution in [-0.2, 0) is 6.42 Å². The number of thiophene rings is 1. The maximum Gasteiger partial charge on any atom is 0.00579 e. The van der Waals surface area contributed by atoms with Gasteiger partial charge in [0.2, 0.25) is 0 Å². The highest BCUT2D eigenvalue weighted by atomic mass is 32.1. The summed E-state index contributed by atoms with van der Waals surface area (Å²) in [5.74, 6) is 0. The molecule has 0 saturated carbocycles. The van der Waals surface area contributed by atoms with Crippen LogP contribution in [-0.4, -0.2) is 25.0 Å². The van der Waals surface area contributed by atoms with E-state index in [1.54, 1.807) is 0 Å². The van der Waals surface area contributed by atoms with Crippen LogP contribution < -0.4 is 0 Å². The van der Waals surface area contributed by atoms with E-state index in [1.165, 1.54) is 17.8 Å². The van der Waals surface area contributed by atoms with Gasteiger partial charge in [-0.2, -0.15) is 0 Å². The zero-order valence-electron chi connectivity index (χ0n) is 7.21. The largest absolute Gasteiger partial charge is 0.306 e. The normalized spacial score (nSPS) is 10.8. The van der Waals surface area contributed by atoms with E-state index in [9.17, 15) is 0 Å². The molecule has 0 unspecified atom stereocenters. The van der Waals surface area contributed by atoms with Crippen molar-refractivity contribution in [2.75, 3.05) is 20.1 Å². The third-order valence-electron chi connectivity index (χ3n) is 1.86. The first-order valence-corrected chi connectivity index (χ1v) is 4.92.